The Balaban J connectivity index is 1.27. The molecule has 3 amide bonds. The number of piperidine rings is 1. The number of imidazole rings is 1. The van der Waals surface area contributed by atoms with E-state index in [4.69, 9.17) is 0 Å². The van der Waals surface area contributed by atoms with Crippen LogP contribution in [-0.4, -0.2) is 74.7 Å². The number of hydrogen-bond donors (Lipinski definition) is 1. The Labute approximate surface area is 225 Å². The van der Waals surface area contributed by atoms with E-state index in [1.54, 1.807) is 16.7 Å². The second-order valence-electron chi connectivity index (χ2n) is 10.1. The summed E-state index contributed by atoms with van der Waals surface area (Å²) in [5, 5.41) is 15.0. The Kier molecular flexibility index (Phi) is 7.51. The summed E-state index contributed by atoms with van der Waals surface area (Å²) in [5.41, 5.74) is 0.807. The summed E-state index contributed by atoms with van der Waals surface area (Å²) in [5.74, 6) is -4.12. The third-order valence-electron chi connectivity index (χ3n) is 7.49. The fourth-order valence-electron chi connectivity index (χ4n) is 5.57. The van der Waals surface area contributed by atoms with Crippen molar-refractivity contribution in [3.8, 4) is 6.01 Å². The van der Waals surface area contributed by atoms with E-state index < -0.39 is 60.8 Å². The van der Waals surface area contributed by atoms with Crippen molar-refractivity contribution in [1.82, 2.24) is 29.7 Å². The number of carbonyl (C=O) groups is 2. The van der Waals surface area contributed by atoms with Crippen LogP contribution in [0.5, 0.6) is 6.01 Å². The maximum Gasteiger partial charge on any atom is 0.406 e. The second kappa shape index (κ2) is 10.9. The number of alkyl halides is 3. The summed E-state index contributed by atoms with van der Waals surface area (Å²) < 4.78 is 69.8. The lowest BCUT2D eigenvalue weighted by Gasteiger charge is -2.35. The summed E-state index contributed by atoms with van der Waals surface area (Å²) in [6.07, 6.45) is -2.35. The molecule has 5 rings (SSSR count). The minimum atomic E-state index is -4.73. The van der Waals surface area contributed by atoms with Gasteiger partial charge in [0.1, 0.15) is 12.6 Å². The normalized spacial score (nSPS) is 21.1. The molecule has 2 aliphatic rings. The van der Waals surface area contributed by atoms with E-state index in [0.29, 0.717) is 28.9 Å². The van der Waals surface area contributed by atoms with Gasteiger partial charge in [0.15, 0.2) is 17.3 Å². The number of rotatable bonds is 4. The van der Waals surface area contributed by atoms with E-state index in [2.05, 4.69) is 15.3 Å². The summed E-state index contributed by atoms with van der Waals surface area (Å²) in [4.78, 5) is 36.2. The zero-order valence-electron chi connectivity index (χ0n) is 21.2. The number of nitrogens with zero attached hydrogens (tertiary/aromatic N) is 5. The molecule has 0 aliphatic carbocycles. The van der Waals surface area contributed by atoms with Crippen molar-refractivity contribution in [3.63, 3.8) is 0 Å². The molecular formula is C26H26F5N6O3-. The van der Waals surface area contributed by atoms with Crippen LogP contribution in [0.3, 0.4) is 0 Å². The summed E-state index contributed by atoms with van der Waals surface area (Å²) >= 11 is 0. The number of benzene rings is 1. The van der Waals surface area contributed by atoms with Crippen LogP contribution >= 0.6 is 0 Å². The first-order valence-corrected chi connectivity index (χ1v) is 12.9. The SMILES string of the molecule is O=C(N[C@@H]1CC[C@@H](c2cccc(F)c2F)CN(CC(F)(F)F)C1=O)N1CCC(n2c([O-])nc3ncccc32)CC1. The lowest BCUT2D eigenvalue weighted by atomic mass is 9.93. The van der Waals surface area contributed by atoms with Crippen LogP contribution in [0.25, 0.3) is 11.2 Å². The van der Waals surface area contributed by atoms with Crippen LogP contribution in [0.1, 0.15) is 43.2 Å². The molecule has 0 bridgehead atoms. The van der Waals surface area contributed by atoms with Gasteiger partial charge in [-0.25, -0.2) is 23.5 Å². The number of fused-ring (bicyclic) bond motifs is 1. The largest absolute Gasteiger partial charge is 0.846 e. The van der Waals surface area contributed by atoms with Gasteiger partial charge in [0, 0.05) is 37.8 Å². The molecule has 2 aromatic heterocycles. The monoisotopic (exact) mass is 565 g/mol. The predicted octanol–water partition coefficient (Wildman–Crippen LogP) is 3.47. The highest BCUT2D eigenvalue weighted by molar-refractivity contribution is 5.87. The second-order valence-corrected chi connectivity index (χ2v) is 10.1. The van der Waals surface area contributed by atoms with E-state index in [1.165, 1.54) is 23.2 Å². The third-order valence-corrected chi connectivity index (χ3v) is 7.49. The number of amides is 3. The van der Waals surface area contributed by atoms with Crippen LogP contribution in [0, 0.1) is 11.6 Å². The van der Waals surface area contributed by atoms with Crippen LogP contribution in [0.15, 0.2) is 36.5 Å². The van der Waals surface area contributed by atoms with Gasteiger partial charge in [0.25, 0.3) is 0 Å². The topological polar surface area (TPSA) is 106 Å². The van der Waals surface area contributed by atoms with Crippen molar-refractivity contribution in [1.29, 1.82) is 0 Å². The molecule has 0 unspecified atom stereocenters. The molecule has 0 spiro atoms. The lowest BCUT2D eigenvalue weighted by molar-refractivity contribution is -0.286. The molecule has 9 nitrogen and oxygen atoms in total. The Morgan fingerprint density at radius 2 is 1.82 bits per heavy atom. The van der Waals surface area contributed by atoms with Gasteiger partial charge in [-0.2, -0.15) is 13.2 Å². The van der Waals surface area contributed by atoms with Crippen molar-refractivity contribution in [2.24, 2.45) is 0 Å². The molecule has 4 heterocycles. The smallest absolute Gasteiger partial charge is 0.406 e. The number of nitrogens with one attached hydrogen (secondary N) is 1. The van der Waals surface area contributed by atoms with E-state index >= 15 is 0 Å². The van der Waals surface area contributed by atoms with E-state index in [-0.39, 0.29) is 37.5 Å². The predicted molar refractivity (Wildman–Crippen MR) is 130 cm³/mol. The Morgan fingerprint density at radius 1 is 1.07 bits per heavy atom. The highest BCUT2D eigenvalue weighted by Gasteiger charge is 2.40. The van der Waals surface area contributed by atoms with Gasteiger partial charge in [-0.15, -0.1) is 0 Å². The van der Waals surface area contributed by atoms with Gasteiger partial charge >= 0.3 is 12.2 Å². The number of urea groups is 1. The zero-order valence-corrected chi connectivity index (χ0v) is 21.2. The van der Waals surface area contributed by atoms with Crippen molar-refractivity contribution in [3.05, 3.63) is 53.7 Å². The van der Waals surface area contributed by atoms with Gasteiger partial charge in [-0.05, 0) is 49.4 Å². The zero-order chi connectivity index (χ0) is 28.6. The van der Waals surface area contributed by atoms with Crippen molar-refractivity contribution in [2.75, 3.05) is 26.2 Å². The molecule has 40 heavy (non-hydrogen) atoms. The number of likely N-dealkylation sites (tertiary alicyclic amines) is 2. The number of halogens is 5. The quantitative estimate of drug-likeness (QED) is 0.488. The molecular weight excluding hydrogens is 539 g/mol. The number of hydrogen-bond acceptors (Lipinski definition) is 5. The molecule has 0 saturated carbocycles. The lowest BCUT2D eigenvalue weighted by Crippen LogP contribution is -2.54. The first-order valence-electron chi connectivity index (χ1n) is 12.9. The number of carbonyl (C=O) groups excluding carboxylic acids is 2. The molecule has 2 aliphatic heterocycles. The van der Waals surface area contributed by atoms with Crippen LogP contribution in [-0.2, 0) is 4.79 Å². The fraction of sp³-hybridized carbons (Fsp3) is 0.462. The maximum atomic E-state index is 14.5. The van der Waals surface area contributed by atoms with Crippen LogP contribution in [0.2, 0.25) is 0 Å². The first kappa shape index (κ1) is 27.6. The molecule has 2 saturated heterocycles. The molecule has 14 heteroatoms. The summed E-state index contributed by atoms with van der Waals surface area (Å²) in [7, 11) is 0. The van der Waals surface area contributed by atoms with Gasteiger partial charge < -0.3 is 24.8 Å². The highest BCUT2D eigenvalue weighted by atomic mass is 19.4. The third kappa shape index (κ3) is 5.65. The van der Waals surface area contributed by atoms with Crippen LogP contribution < -0.4 is 10.4 Å². The van der Waals surface area contributed by atoms with Crippen molar-refractivity contribution < 1.29 is 36.6 Å². The fourth-order valence-corrected chi connectivity index (χ4v) is 5.57. The molecule has 1 aromatic carbocycles. The van der Waals surface area contributed by atoms with Gasteiger partial charge in [0.05, 0.1) is 11.5 Å². The minimum Gasteiger partial charge on any atom is -0.846 e. The molecule has 0 radical (unpaired) electrons. The number of pyridine rings is 1. The van der Waals surface area contributed by atoms with Crippen LogP contribution in [0.4, 0.5) is 26.7 Å². The van der Waals surface area contributed by atoms with Crippen molar-refractivity contribution in [2.45, 2.75) is 49.9 Å². The average molecular weight is 566 g/mol. The Bertz CT molecular complexity index is 1410. The first-order chi connectivity index (χ1) is 19.0. The maximum absolute atomic E-state index is 14.5. The minimum absolute atomic E-state index is 0.0520. The summed E-state index contributed by atoms with van der Waals surface area (Å²) in [6, 6.07) is 4.33. The highest BCUT2D eigenvalue weighted by Crippen LogP contribution is 2.33. The van der Waals surface area contributed by atoms with E-state index in [0.717, 1.165) is 6.07 Å². The molecule has 214 valence electrons. The molecule has 1 N–H and O–H groups in total. The molecule has 2 fully saturated rings. The Hall–Kier alpha value is -3.97. The Morgan fingerprint density at radius 3 is 2.55 bits per heavy atom. The van der Waals surface area contributed by atoms with Gasteiger partial charge in [0.2, 0.25) is 5.91 Å². The molecule has 2 atom stereocenters. The van der Waals surface area contributed by atoms with E-state index in [9.17, 15) is 36.6 Å². The summed E-state index contributed by atoms with van der Waals surface area (Å²) in [6.45, 7) is -1.58. The molecule has 3 aromatic rings. The van der Waals surface area contributed by atoms with Crippen molar-refractivity contribution >= 4 is 23.1 Å². The average Bonchev–Trinajstić information content (AvgIpc) is 3.18. The van der Waals surface area contributed by atoms with Gasteiger partial charge in [-0.3, -0.25) is 4.79 Å². The van der Waals surface area contributed by atoms with Gasteiger partial charge in [-0.1, -0.05) is 12.1 Å². The van der Waals surface area contributed by atoms with E-state index in [1.807, 2.05) is 0 Å². The standard InChI is InChI=1S/C26H27F5N6O3/c27-18-4-1-3-17(21(18)28)15-6-7-19(23(38)36(13-15)14-26(29,30)31)33-24(39)35-11-8-16(9-12-35)37-20-5-2-10-32-22(20)34-25(37)40/h1-5,10,15-16,19H,6-9,11-14H2,(H,33,39)(H,32,34,40)/p-1/t15-,19-/m1/s1. The number of aromatic nitrogens is 3.